The van der Waals surface area contributed by atoms with E-state index in [9.17, 15) is 35.7 Å². The fraction of sp³-hybridized carbons (Fsp3) is 0.538. The second-order valence-electron chi connectivity index (χ2n) is 9.33. The van der Waals surface area contributed by atoms with Gasteiger partial charge < -0.3 is 59.4 Å². The van der Waals surface area contributed by atoms with E-state index in [0.29, 0.717) is 11.1 Å². The lowest BCUT2D eigenvalue weighted by Crippen LogP contribution is -2.60. The molecule has 0 saturated carbocycles. The number of ether oxygens (including phenoxy) is 5. The van der Waals surface area contributed by atoms with Gasteiger partial charge in [-0.2, -0.15) is 0 Å². The molecule has 2 aliphatic rings. The summed E-state index contributed by atoms with van der Waals surface area (Å²) in [6, 6.07) is 9.60. The van der Waals surface area contributed by atoms with Gasteiger partial charge in [-0.3, -0.25) is 0 Å². The molecule has 2 fully saturated rings. The fourth-order valence-electron chi connectivity index (χ4n) is 5.04. The molecule has 9 atom stereocenters. The van der Waals surface area contributed by atoms with Gasteiger partial charge in [0.25, 0.3) is 0 Å². The zero-order valence-corrected chi connectivity index (χ0v) is 21.0. The molecular formula is C26H34O12. The van der Waals surface area contributed by atoms with E-state index in [1.54, 1.807) is 24.3 Å². The van der Waals surface area contributed by atoms with Crippen LogP contribution < -0.4 is 14.2 Å². The van der Waals surface area contributed by atoms with Crippen molar-refractivity contribution in [1.29, 1.82) is 0 Å². The van der Waals surface area contributed by atoms with Crippen LogP contribution in [0.15, 0.2) is 36.4 Å². The van der Waals surface area contributed by atoms with Crippen molar-refractivity contribution in [2.45, 2.75) is 42.9 Å². The maximum Gasteiger partial charge on any atom is 0.229 e. The minimum Gasteiger partial charge on any atom is -0.504 e. The maximum absolute atomic E-state index is 10.3. The van der Waals surface area contributed by atoms with Crippen molar-refractivity contribution >= 4 is 0 Å². The van der Waals surface area contributed by atoms with Crippen LogP contribution in [-0.4, -0.2) is 100 Å². The van der Waals surface area contributed by atoms with Gasteiger partial charge in [0.05, 0.1) is 33.0 Å². The van der Waals surface area contributed by atoms with Crippen molar-refractivity contribution in [3.8, 4) is 23.0 Å². The smallest absolute Gasteiger partial charge is 0.229 e. The van der Waals surface area contributed by atoms with Gasteiger partial charge in [-0.1, -0.05) is 12.1 Å². The number of aliphatic hydroxyl groups is 6. The first-order chi connectivity index (χ1) is 18.3. The molecule has 0 radical (unpaired) electrons. The van der Waals surface area contributed by atoms with E-state index in [0.717, 1.165) is 0 Å². The molecule has 12 nitrogen and oxygen atoms in total. The van der Waals surface area contributed by atoms with E-state index < -0.39 is 61.4 Å². The Morgan fingerprint density at radius 2 is 1.26 bits per heavy atom. The number of aliphatic hydroxyl groups excluding tert-OH is 6. The molecule has 0 bridgehead atoms. The summed E-state index contributed by atoms with van der Waals surface area (Å²) < 4.78 is 28.1. The fourth-order valence-corrected chi connectivity index (χ4v) is 5.04. The molecule has 2 aromatic rings. The third kappa shape index (κ3) is 5.26. The van der Waals surface area contributed by atoms with E-state index >= 15 is 0 Å². The van der Waals surface area contributed by atoms with E-state index in [1.807, 2.05) is 0 Å². The quantitative estimate of drug-likeness (QED) is 0.220. The van der Waals surface area contributed by atoms with Gasteiger partial charge >= 0.3 is 0 Å². The number of aromatic hydroxyl groups is 1. The van der Waals surface area contributed by atoms with Crippen molar-refractivity contribution < 1.29 is 59.4 Å². The predicted octanol–water partition coefficient (Wildman–Crippen LogP) is -0.382. The standard InChI is InChI=1S/C26H34O12/c1-34-18-7-12(3-5-16(18)30)24-14(9-27)15(10-28)25(38-24)13-4-6-17(19(8-13)35-2)36-26-23(33)22(32)21(31)20(11-29)37-26/h3-8,14-15,20-33H,9-11H2,1-2H3/t14-,15-,20-,21+,22+,23-,24+,25-,26+/m1/s1. The summed E-state index contributed by atoms with van der Waals surface area (Å²) in [5, 5.41) is 70.1. The second-order valence-corrected chi connectivity index (χ2v) is 9.33. The largest absolute Gasteiger partial charge is 0.504 e. The Morgan fingerprint density at radius 1 is 0.684 bits per heavy atom. The molecule has 12 heteroatoms. The molecule has 2 saturated heterocycles. The predicted molar refractivity (Wildman–Crippen MR) is 130 cm³/mol. The molecule has 210 valence electrons. The van der Waals surface area contributed by atoms with Crippen molar-refractivity contribution in [3.63, 3.8) is 0 Å². The topological polar surface area (TPSA) is 188 Å². The van der Waals surface area contributed by atoms with Crippen LogP contribution in [-0.2, 0) is 9.47 Å². The maximum atomic E-state index is 10.3. The lowest BCUT2D eigenvalue weighted by molar-refractivity contribution is -0.277. The summed E-state index contributed by atoms with van der Waals surface area (Å²) in [5.74, 6) is -0.345. The minimum absolute atomic E-state index is 0.0372. The first kappa shape index (κ1) is 28.3. The van der Waals surface area contributed by atoms with Crippen LogP contribution in [0.2, 0.25) is 0 Å². The van der Waals surface area contributed by atoms with Crippen molar-refractivity contribution in [2.24, 2.45) is 11.8 Å². The van der Waals surface area contributed by atoms with Gasteiger partial charge in [0.1, 0.15) is 24.4 Å². The molecule has 7 N–H and O–H groups in total. The number of hydrogen-bond donors (Lipinski definition) is 7. The van der Waals surface area contributed by atoms with E-state index in [2.05, 4.69) is 0 Å². The summed E-state index contributed by atoms with van der Waals surface area (Å²) in [6.07, 6.45) is -8.49. The summed E-state index contributed by atoms with van der Waals surface area (Å²) >= 11 is 0. The Labute approximate surface area is 219 Å². The molecular weight excluding hydrogens is 504 g/mol. The minimum atomic E-state index is -1.60. The Morgan fingerprint density at radius 3 is 1.82 bits per heavy atom. The van der Waals surface area contributed by atoms with E-state index in [4.69, 9.17) is 23.7 Å². The van der Waals surface area contributed by atoms with Crippen LogP contribution in [0.3, 0.4) is 0 Å². The molecule has 0 aliphatic carbocycles. The monoisotopic (exact) mass is 538 g/mol. The average molecular weight is 539 g/mol. The summed E-state index contributed by atoms with van der Waals surface area (Å²) in [6.45, 7) is -1.12. The molecule has 0 spiro atoms. The first-order valence-electron chi connectivity index (χ1n) is 12.2. The number of benzene rings is 2. The van der Waals surface area contributed by atoms with Gasteiger partial charge in [-0.25, -0.2) is 0 Å². The highest BCUT2D eigenvalue weighted by Gasteiger charge is 2.46. The number of phenols is 1. The molecule has 2 aromatic carbocycles. The van der Waals surface area contributed by atoms with Crippen molar-refractivity contribution in [1.82, 2.24) is 0 Å². The lowest BCUT2D eigenvalue weighted by Gasteiger charge is -2.39. The van der Waals surface area contributed by atoms with Crippen LogP contribution in [0.1, 0.15) is 23.3 Å². The average Bonchev–Trinajstić information content (AvgIpc) is 3.32. The van der Waals surface area contributed by atoms with E-state index in [1.165, 1.54) is 26.4 Å². The Kier molecular flexibility index (Phi) is 8.96. The number of phenolic OH excluding ortho intramolecular Hbond substituents is 1. The summed E-state index contributed by atoms with van der Waals surface area (Å²) in [5.41, 5.74) is 1.28. The Hall–Kier alpha value is -2.68. The zero-order valence-electron chi connectivity index (χ0n) is 21.0. The Bertz CT molecular complexity index is 1080. The van der Waals surface area contributed by atoms with Crippen LogP contribution >= 0.6 is 0 Å². The van der Waals surface area contributed by atoms with Crippen molar-refractivity contribution in [3.05, 3.63) is 47.5 Å². The first-order valence-corrected chi connectivity index (χ1v) is 12.2. The van der Waals surface area contributed by atoms with Crippen LogP contribution in [0.5, 0.6) is 23.0 Å². The third-order valence-electron chi connectivity index (χ3n) is 7.18. The normalized spacial score (nSPS) is 33.2. The van der Waals surface area contributed by atoms with Gasteiger partial charge in [0, 0.05) is 25.0 Å². The number of rotatable bonds is 9. The highest BCUT2D eigenvalue weighted by Crippen LogP contribution is 2.51. The van der Waals surface area contributed by atoms with Crippen LogP contribution in [0.4, 0.5) is 0 Å². The van der Waals surface area contributed by atoms with Crippen LogP contribution in [0.25, 0.3) is 0 Å². The summed E-state index contributed by atoms with van der Waals surface area (Å²) in [4.78, 5) is 0. The molecule has 0 amide bonds. The number of hydrogen-bond acceptors (Lipinski definition) is 12. The lowest BCUT2D eigenvalue weighted by atomic mass is 9.83. The van der Waals surface area contributed by atoms with Crippen LogP contribution in [0, 0.1) is 11.8 Å². The summed E-state index contributed by atoms with van der Waals surface area (Å²) in [7, 11) is 2.83. The molecule has 0 unspecified atom stereocenters. The molecule has 2 aliphatic heterocycles. The molecule has 4 rings (SSSR count). The van der Waals surface area contributed by atoms with Gasteiger partial charge in [0.2, 0.25) is 6.29 Å². The molecule has 38 heavy (non-hydrogen) atoms. The van der Waals surface area contributed by atoms with Gasteiger partial charge in [-0.05, 0) is 35.4 Å². The Balaban J connectivity index is 1.60. The van der Waals surface area contributed by atoms with E-state index in [-0.39, 0.29) is 36.2 Å². The highest BCUT2D eigenvalue weighted by atomic mass is 16.7. The SMILES string of the molecule is COc1cc([C@@H]2O[C@H](c3ccc(O[C@H]4O[C@H](CO)[C@H](O)[C@H](O)[C@H]4O)c(OC)c3)[C@H](CO)[C@H]2CO)ccc1O. The highest BCUT2D eigenvalue weighted by molar-refractivity contribution is 5.45. The second kappa shape index (κ2) is 12.0. The van der Waals surface area contributed by atoms with Crippen molar-refractivity contribution in [2.75, 3.05) is 34.0 Å². The molecule has 2 heterocycles. The molecule has 0 aromatic heterocycles. The zero-order chi connectivity index (χ0) is 27.6. The third-order valence-corrected chi connectivity index (χ3v) is 7.18. The van der Waals surface area contributed by atoms with Gasteiger partial charge in [-0.15, -0.1) is 0 Å². The van der Waals surface area contributed by atoms with Gasteiger partial charge in [0.15, 0.2) is 23.0 Å². The number of methoxy groups -OCH3 is 2.